The van der Waals surface area contributed by atoms with Crippen molar-refractivity contribution in [1.29, 1.82) is 0 Å². The van der Waals surface area contributed by atoms with E-state index >= 15 is 0 Å². The molecule has 1 saturated heterocycles. The van der Waals surface area contributed by atoms with Crippen LogP contribution in [-0.4, -0.2) is 43.3 Å². The number of hydrogen-bond donors (Lipinski definition) is 1. The third-order valence-electron chi connectivity index (χ3n) is 4.76. The largest absolute Gasteiger partial charge is 0.497 e. The van der Waals surface area contributed by atoms with Gasteiger partial charge in [-0.3, -0.25) is 9.69 Å². The molecule has 1 aliphatic rings. The summed E-state index contributed by atoms with van der Waals surface area (Å²) >= 11 is 0. The summed E-state index contributed by atoms with van der Waals surface area (Å²) < 4.78 is 10.7. The maximum absolute atomic E-state index is 11.8. The van der Waals surface area contributed by atoms with Crippen molar-refractivity contribution in [2.45, 2.75) is 12.5 Å². The summed E-state index contributed by atoms with van der Waals surface area (Å²) in [6, 6.07) is 15.8. The lowest BCUT2D eigenvalue weighted by molar-refractivity contribution is -0.141. The molecule has 1 heterocycles. The lowest BCUT2D eigenvalue weighted by Gasteiger charge is -2.18. The van der Waals surface area contributed by atoms with E-state index in [1.165, 1.54) is 5.56 Å². The molecule has 5 nitrogen and oxygen atoms in total. The van der Waals surface area contributed by atoms with Crippen LogP contribution >= 0.6 is 0 Å². The topological polar surface area (TPSA) is 59.0 Å². The van der Waals surface area contributed by atoms with Crippen LogP contribution in [-0.2, 0) is 11.3 Å². The number of carboxylic acids is 1. The monoisotopic (exact) mass is 341 g/mol. The molecule has 3 rings (SSSR count). The summed E-state index contributed by atoms with van der Waals surface area (Å²) in [5.74, 6) is 0.0630. The third-order valence-corrected chi connectivity index (χ3v) is 4.76. The zero-order valence-electron chi connectivity index (χ0n) is 14.5. The summed E-state index contributed by atoms with van der Waals surface area (Å²) in [5.41, 5.74) is 2.13. The van der Waals surface area contributed by atoms with Crippen molar-refractivity contribution in [1.82, 2.24) is 4.90 Å². The Kier molecular flexibility index (Phi) is 5.24. The second-order valence-corrected chi connectivity index (χ2v) is 6.38. The van der Waals surface area contributed by atoms with Gasteiger partial charge in [0.05, 0.1) is 20.1 Å². The third kappa shape index (κ3) is 3.94. The smallest absolute Gasteiger partial charge is 0.308 e. The highest BCUT2D eigenvalue weighted by Crippen LogP contribution is 2.37. The number of ether oxygens (including phenoxy) is 2. The summed E-state index contributed by atoms with van der Waals surface area (Å²) in [6.45, 7) is 1.98. The van der Waals surface area contributed by atoms with Crippen molar-refractivity contribution in [3.63, 3.8) is 0 Å². The van der Waals surface area contributed by atoms with Gasteiger partial charge in [-0.1, -0.05) is 30.3 Å². The van der Waals surface area contributed by atoms with Gasteiger partial charge in [0.1, 0.15) is 11.5 Å². The molecule has 5 heteroatoms. The van der Waals surface area contributed by atoms with E-state index in [1.54, 1.807) is 20.3 Å². The molecule has 2 aromatic carbocycles. The van der Waals surface area contributed by atoms with Gasteiger partial charge in [0.2, 0.25) is 0 Å². The van der Waals surface area contributed by atoms with E-state index in [2.05, 4.69) is 17.0 Å². The Morgan fingerprint density at radius 1 is 1.08 bits per heavy atom. The minimum absolute atomic E-state index is 0.0924. The molecule has 132 valence electrons. The predicted molar refractivity (Wildman–Crippen MR) is 95.1 cm³/mol. The van der Waals surface area contributed by atoms with Crippen LogP contribution in [0.15, 0.2) is 48.5 Å². The number of likely N-dealkylation sites (tertiary alicyclic amines) is 1. The Hall–Kier alpha value is -2.53. The van der Waals surface area contributed by atoms with Gasteiger partial charge in [0.15, 0.2) is 0 Å². The van der Waals surface area contributed by atoms with Gasteiger partial charge in [-0.25, -0.2) is 0 Å². The predicted octanol–water partition coefficient (Wildman–Crippen LogP) is 3.00. The first-order chi connectivity index (χ1) is 12.1. The van der Waals surface area contributed by atoms with E-state index in [0.29, 0.717) is 24.6 Å². The van der Waals surface area contributed by atoms with Crippen LogP contribution in [0.5, 0.6) is 11.5 Å². The van der Waals surface area contributed by atoms with E-state index in [-0.39, 0.29) is 5.92 Å². The fourth-order valence-corrected chi connectivity index (χ4v) is 3.49. The first-order valence-electron chi connectivity index (χ1n) is 8.32. The molecule has 0 aliphatic carbocycles. The fourth-order valence-electron chi connectivity index (χ4n) is 3.49. The number of nitrogens with zero attached hydrogens (tertiary/aromatic N) is 1. The molecule has 0 amide bonds. The van der Waals surface area contributed by atoms with E-state index in [4.69, 9.17) is 9.47 Å². The Morgan fingerprint density at radius 3 is 2.28 bits per heavy atom. The van der Waals surface area contributed by atoms with E-state index in [9.17, 15) is 9.90 Å². The van der Waals surface area contributed by atoms with Crippen molar-refractivity contribution in [2.75, 3.05) is 27.3 Å². The Labute approximate surface area is 147 Å². The van der Waals surface area contributed by atoms with Crippen molar-refractivity contribution in [2.24, 2.45) is 5.92 Å². The van der Waals surface area contributed by atoms with Crippen LogP contribution in [0, 0.1) is 5.92 Å². The van der Waals surface area contributed by atoms with Crippen molar-refractivity contribution < 1.29 is 19.4 Å². The van der Waals surface area contributed by atoms with Gasteiger partial charge in [-0.05, 0) is 23.3 Å². The van der Waals surface area contributed by atoms with Gasteiger partial charge in [-0.15, -0.1) is 0 Å². The van der Waals surface area contributed by atoms with Gasteiger partial charge in [0.25, 0.3) is 0 Å². The zero-order valence-corrected chi connectivity index (χ0v) is 14.5. The molecule has 2 unspecified atom stereocenters. The Balaban J connectivity index is 1.85. The summed E-state index contributed by atoms with van der Waals surface area (Å²) in [7, 11) is 3.20. The van der Waals surface area contributed by atoms with Crippen LogP contribution < -0.4 is 9.47 Å². The summed E-state index contributed by atoms with van der Waals surface area (Å²) in [6.07, 6.45) is 0. The molecular weight excluding hydrogens is 318 g/mol. The highest BCUT2D eigenvalue weighted by Gasteiger charge is 2.38. The van der Waals surface area contributed by atoms with Gasteiger partial charge in [-0.2, -0.15) is 0 Å². The van der Waals surface area contributed by atoms with Crippen molar-refractivity contribution in [3.05, 3.63) is 59.7 Å². The second-order valence-electron chi connectivity index (χ2n) is 6.38. The zero-order chi connectivity index (χ0) is 17.8. The highest BCUT2D eigenvalue weighted by molar-refractivity contribution is 5.72. The van der Waals surface area contributed by atoms with Crippen LogP contribution in [0.3, 0.4) is 0 Å². The van der Waals surface area contributed by atoms with Crippen LogP contribution in [0.2, 0.25) is 0 Å². The van der Waals surface area contributed by atoms with Crippen molar-refractivity contribution >= 4 is 5.97 Å². The molecule has 25 heavy (non-hydrogen) atoms. The maximum Gasteiger partial charge on any atom is 0.308 e. The molecule has 1 fully saturated rings. The number of aliphatic carboxylic acids is 1. The number of carboxylic acid groups (broad SMARTS) is 1. The van der Waals surface area contributed by atoms with Crippen LogP contribution in [0.4, 0.5) is 0 Å². The van der Waals surface area contributed by atoms with E-state index in [0.717, 1.165) is 12.1 Å². The fraction of sp³-hybridized carbons (Fsp3) is 0.350. The van der Waals surface area contributed by atoms with E-state index in [1.807, 2.05) is 30.3 Å². The lowest BCUT2D eigenvalue weighted by atomic mass is 9.89. The van der Waals surface area contributed by atoms with Gasteiger partial charge in [0, 0.05) is 31.6 Å². The Bertz CT molecular complexity index is 709. The first-order valence-corrected chi connectivity index (χ1v) is 8.32. The number of carbonyl (C=O) groups is 1. The average molecular weight is 341 g/mol. The second kappa shape index (κ2) is 7.57. The minimum Gasteiger partial charge on any atom is -0.497 e. The molecule has 1 N–H and O–H groups in total. The molecule has 0 bridgehead atoms. The maximum atomic E-state index is 11.8. The minimum atomic E-state index is -0.762. The molecule has 0 saturated carbocycles. The quantitative estimate of drug-likeness (QED) is 0.875. The Morgan fingerprint density at radius 2 is 1.72 bits per heavy atom. The van der Waals surface area contributed by atoms with Crippen LogP contribution in [0.25, 0.3) is 0 Å². The summed E-state index contributed by atoms with van der Waals surface area (Å²) in [4.78, 5) is 14.0. The summed E-state index contributed by atoms with van der Waals surface area (Å²) in [5, 5.41) is 9.69. The standard InChI is InChI=1S/C20H23NO4/c1-24-16-8-15(9-17(10-16)25-2)18-12-21(13-19(18)20(22)23)11-14-6-4-3-5-7-14/h3-10,18-19H,11-13H2,1-2H3,(H,22,23). The number of hydrogen-bond acceptors (Lipinski definition) is 4. The molecule has 1 aliphatic heterocycles. The van der Waals surface area contributed by atoms with E-state index < -0.39 is 11.9 Å². The lowest BCUT2D eigenvalue weighted by Crippen LogP contribution is -2.23. The molecular formula is C20H23NO4. The SMILES string of the molecule is COc1cc(OC)cc(C2CN(Cc3ccccc3)CC2C(=O)O)c1. The number of rotatable bonds is 6. The average Bonchev–Trinajstić information content (AvgIpc) is 3.06. The first kappa shape index (κ1) is 17.3. The molecule has 2 aromatic rings. The van der Waals surface area contributed by atoms with Gasteiger partial charge < -0.3 is 14.6 Å². The van der Waals surface area contributed by atoms with Crippen molar-refractivity contribution in [3.8, 4) is 11.5 Å². The highest BCUT2D eigenvalue weighted by atomic mass is 16.5. The van der Waals surface area contributed by atoms with Gasteiger partial charge >= 0.3 is 5.97 Å². The number of methoxy groups -OCH3 is 2. The molecule has 2 atom stereocenters. The number of benzene rings is 2. The van der Waals surface area contributed by atoms with Crippen LogP contribution in [0.1, 0.15) is 17.0 Å². The molecule has 0 aromatic heterocycles. The molecule has 0 radical (unpaired) electrons. The normalized spacial score (nSPS) is 20.4. The molecule has 0 spiro atoms.